The Hall–Kier alpha value is -7.10. The van der Waals surface area contributed by atoms with Crippen LogP contribution in [0.15, 0.2) is 48.5 Å². The van der Waals surface area contributed by atoms with E-state index in [4.69, 9.17) is 56.8 Å². The Kier molecular flexibility index (Phi) is 13.0. The van der Waals surface area contributed by atoms with Gasteiger partial charge in [0.2, 0.25) is 36.0 Å². The minimum atomic E-state index is -2.39. The Labute approximate surface area is 508 Å². The van der Waals surface area contributed by atoms with Gasteiger partial charge in [0.15, 0.2) is 23.4 Å². The second-order valence-electron chi connectivity index (χ2n) is 28.0. The highest BCUT2D eigenvalue weighted by Gasteiger charge is 3.06. The van der Waals surface area contributed by atoms with Crippen LogP contribution in [0.3, 0.4) is 0 Å². The van der Waals surface area contributed by atoms with Gasteiger partial charge in [0.05, 0.1) is 39.1 Å². The van der Waals surface area contributed by atoms with Crippen LogP contribution >= 0.6 is 0 Å². The number of carbonyl (C=O) groups excluding carboxylic acids is 10. The van der Waals surface area contributed by atoms with E-state index >= 15 is 0 Å². The van der Waals surface area contributed by atoms with E-state index in [9.17, 15) is 68.4 Å². The highest BCUT2D eigenvalue weighted by atomic mass is 16.8. The number of aliphatic hydroxyl groups excluding tert-OH is 2. The number of aliphatic hydroxyl groups is 4. The van der Waals surface area contributed by atoms with Gasteiger partial charge in [-0.05, 0) is 80.4 Å². The molecule has 4 spiro atoms. The molecular formula is C63H70O26. The third-order valence-corrected chi connectivity index (χ3v) is 22.4. The zero-order valence-electron chi connectivity index (χ0n) is 50.6. The summed E-state index contributed by atoms with van der Waals surface area (Å²) in [7, 11) is 0. The van der Waals surface area contributed by atoms with Gasteiger partial charge in [0.1, 0.15) is 41.8 Å². The van der Waals surface area contributed by atoms with E-state index in [1.54, 1.807) is 24.3 Å². The molecule has 2 aromatic carbocycles. The average molecular weight is 1240 g/mol. The molecule has 4 saturated carbocycles. The maximum absolute atomic E-state index is 14.2. The molecule has 26 nitrogen and oxygen atoms in total. The lowest BCUT2D eigenvalue weighted by molar-refractivity contribution is -0.239. The number of carbonyl (C=O) groups is 10. The molecule has 26 heteroatoms. The Morgan fingerprint density at radius 3 is 1.45 bits per heavy atom. The van der Waals surface area contributed by atoms with Gasteiger partial charge < -0.3 is 77.3 Å². The Bertz CT molecular complexity index is 3510. The first-order chi connectivity index (χ1) is 41.7. The smallest absolute Gasteiger partial charge is 0.350 e. The predicted molar refractivity (Wildman–Crippen MR) is 289 cm³/mol. The minimum Gasteiger partial charge on any atom is -0.459 e. The molecule has 0 bridgehead atoms. The van der Waals surface area contributed by atoms with E-state index in [1.165, 1.54) is 45.0 Å². The van der Waals surface area contributed by atoms with Gasteiger partial charge in [-0.1, -0.05) is 85.2 Å². The van der Waals surface area contributed by atoms with Crippen molar-refractivity contribution < 1.29 is 125 Å². The molecule has 2 aromatic rings. The van der Waals surface area contributed by atoms with E-state index in [0.717, 1.165) is 13.3 Å². The highest BCUT2D eigenvalue weighted by Crippen LogP contribution is 2.87. The summed E-state index contributed by atoms with van der Waals surface area (Å²) in [6.07, 6.45) is -14.1. The van der Waals surface area contributed by atoms with Crippen molar-refractivity contribution in [3.8, 4) is 5.75 Å². The van der Waals surface area contributed by atoms with E-state index in [0.29, 0.717) is 18.4 Å². The van der Waals surface area contributed by atoms with E-state index in [-0.39, 0.29) is 29.7 Å². The average Bonchev–Trinajstić information content (AvgIpc) is 1.43. The largest absolute Gasteiger partial charge is 0.459 e. The second-order valence-corrected chi connectivity index (χ2v) is 28.0. The summed E-state index contributed by atoms with van der Waals surface area (Å²) in [4.78, 5) is 133. The van der Waals surface area contributed by atoms with E-state index < -0.39 is 206 Å². The van der Waals surface area contributed by atoms with Crippen LogP contribution in [0, 0.1) is 56.2 Å². The summed E-state index contributed by atoms with van der Waals surface area (Å²) in [5.74, 6) is -12.9. The fourth-order valence-electron chi connectivity index (χ4n) is 19.5. The number of rotatable bonds is 10. The number of fused-ring (bicyclic) bond motifs is 2. The molecular weight excluding hydrogens is 1170 g/mol. The van der Waals surface area contributed by atoms with Crippen LogP contribution in [0.25, 0.3) is 0 Å². The summed E-state index contributed by atoms with van der Waals surface area (Å²) < 4.78 is 69.9. The Morgan fingerprint density at radius 1 is 0.596 bits per heavy atom. The number of hydrogen-bond donors (Lipinski definition) is 4. The van der Waals surface area contributed by atoms with Crippen molar-refractivity contribution in [1.82, 2.24) is 0 Å². The fourth-order valence-corrected chi connectivity index (χ4v) is 19.5. The first kappa shape index (κ1) is 60.8. The normalized spacial score (nSPS) is 44.3. The van der Waals surface area contributed by atoms with Crippen molar-refractivity contribution in [3.05, 3.63) is 65.2 Å². The Morgan fingerprint density at radius 2 is 1.02 bits per heavy atom. The number of unbranched alkanes of at least 4 members (excludes halogenated alkanes) is 1. The van der Waals surface area contributed by atoms with Crippen molar-refractivity contribution >= 4 is 59.7 Å². The van der Waals surface area contributed by atoms with Crippen molar-refractivity contribution in [2.24, 2.45) is 56.2 Å². The maximum Gasteiger partial charge on any atom is 0.350 e. The molecule has 89 heavy (non-hydrogen) atoms. The van der Waals surface area contributed by atoms with Crippen LogP contribution in [0.5, 0.6) is 5.75 Å². The Balaban J connectivity index is 0.000000165. The van der Waals surface area contributed by atoms with Crippen molar-refractivity contribution in [2.45, 2.75) is 198 Å². The van der Waals surface area contributed by atoms with Crippen LogP contribution in [-0.2, 0) is 90.5 Å². The zero-order chi connectivity index (χ0) is 64.4. The monoisotopic (exact) mass is 1240 g/mol. The summed E-state index contributed by atoms with van der Waals surface area (Å²) in [6, 6.07) is 12.3. The van der Waals surface area contributed by atoms with Gasteiger partial charge in [-0.3, -0.25) is 19.2 Å². The molecule has 4 aliphatic carbocycles. The van der Waals surface area contributed by atoms with Crippen molar-refractivity contribution in [2.75, 3.05) is 0 Å². The van der Waals surface area contributed by atoms with Crippen molar-refractivity contribution in [1.29, 1.82) is 0 Å². The predicted octanol–water partition coefficient (Wildman–Crippen LogP) is 2.71. The standard InChI is InChI=1S/C34H40O13.C29H30O13/c1-7-8-13-19(42-16(3)35)17-11-9-10-12-18(17)26(38)45-24-27(39)46-29-31(24)20(30(4,5)6)14-21-32(31)22(36)23-33(41,15(2)25(37)44-23)34(32,47-29)28(40)43-21;1-11-20(32)39-18-17(31)27-16-10-15(25(3,4)5)26(27)19(40-21(33)13-8-6-7-9-14(13)37-12(2)30)22(34)41-24(26)42-29(27,23(35)38-16)28(11,18)36/h9-12,15,19-24,29,36,41H,7-8,13-14H2,1-6H3;6-9,11,15-19,24,31,36H,10H2,1-5H3/t15-,19?,20+,21?,22+,23+,24+,29+,31?,32+,33-,34-;11-,15+,16?,17+,18+,19+,24+,26?,27+,28-,29-/m11/s1. The lowest BCUT2D eigenvalue weighted by Gasteiger charge is -2.48. The molecule has 0 radical (unpaired) electrons. The molecule has 14 rings (SSSR count). The summed E-state index contributed by atoms with van der Waals surface area (Å²) in [5, 5.41) is 49.0. The molecule has 0 amide bonds. The number of hydrogen-bond acceptors (Lipinski definition) is 26. The number of ether oxygens (including phenoxy) is 12. The lowest BCUT2D eigenvalue weighted by Crippen LogP contribution is -2.67. The minimum absolute atomic E-state index is 0.0517. The number of para-hydroxylation sites is 1. The molecule has 8 aliphatic heterocycles. The summed E-state index contributed by atoms with van der Waals surface area (Å²) >= 11 is 0. The lowest BCUT2D eigenvalue weighted by atomic mass is 9.51. The molecule has 12 aliphatic rings. The molecule has 4 N–H and O–H groups in total. The molecule has 23 atom stereocenters. The first-order valence-electron chi connectivity index (χ1n) is 30.0. The molecule has 478 valence electrons. The third-order valence-electron chi connectivity index (χ3n) is 22.4. The topological polar surface area (TPSA) is 362 Å². The van der Waals surface area contributed by atoms with Crippen LogP contribution in [0.4, 0.5) is 0 Å². The van der Waals surface area contributed by atoms with Crippen molar-refractivity contribution in [3.63, 3.8) is 0 Å². The summed E-state index contributed by atoms with van der Waals surface area (Å²) in [5.41, 5.74) is -18.0. The van der Waals surface area contributed by atoms with Gasteiger partial charge >= 0.3 is 59.7 Å². The maximum atomic E-state index is 14.2. The van der Waals surface area contributed by atoms with Crippen LogP contribution < -0.4 is 4.74 Å². The third kappa shape index (κ3) is 6.66. The van der Waals surface area contributed by atoms with Gasteiger partial charge in [-0.25, -0.2) is 28.8 Å². The molecule has 12 fully saturated rings. The van der Waals surface area contributed by atoms with Gasteiger partial charge in [0, 0.05) is 19.4 Å². The number of benzene rings is 2. The quantitative estimate of drug-likeness (QED) is 0.151. The molecule has 8 heterocycles. The van der Waals surface area contributed by atoms with Crippen LogP contribution in [0.1, 0.15) is 141 Å². The first-order valence-corrected chi connectivity index (χ1v) is 30.0. The van der Waals surface area contributed by atoms with E-state index in [2.05, 4.69) is 0 Å². The van der Waals surface area contributed by atoms with Crippen LogP contribution in [0.2, 0.25) is 0 Å². The van der Waals surface area contributed by atoms with E-state index in [1.807, 2.05) is 48.5 Å². The highest BCUT2D eigenvalue weighted by molar-refractivity contribution is 5.99. The second kappa shape index (κ2) is 19.0. The SMILES string of the molecule is CC(=O)Oc1ccccc1C(=O)O[C@H]1C(=O)O[C@H]2O[C@]34C(=O)OC5C[C@@H](C(C)(C)C)C21[C@@]53[C@@H](O)[C@@H]1OC(=O)[C@@H](C)[C@@]14O.CCCCC(OC(C)=O)c1ccccc1C(=O)O[C@H]1C(=O)O[C@H]2O[C@]34C(=O)OC5C[C@@H](C(C)(C)C)C21[C@@]53[C@@H](O)[C@@H]1OC(=O)[C@@H](C)[C@@]14O. The van der Waals surface area contributed by atoms with Crippen LogP contribution in [-0.4, -0.2) is 164 Å². The molecule has 8 saturated heterocycles. The van der Waals surface area contributed by atoms with Gasteiger partial charge in [-0.15, -0.1) is 0 Å². The van der Waals surface area contributed by atoms with Gasteiger partial charge in [0.25, 0.3) is 0 Å². The molecule has 5 unspecified atom stereocenters. The molecule has 0 aromatic heterocycles. The number of esters is 10. The zero-order valence-corrected chi connectivity index (χ0v) is 50.6. The fraction of sp³-hybridized carbons (Fsp3) is 0.651. The summed E-state index contributed by atoms with van der Waals surface area (Å²) in [6.45, 7) is 18.5. The van der Waals surface area contributed by atoms with Gasteiger partial charge in [-0.2, -0.15) is 0 Å².